The molecule has 0 radical (unpaired) electrons. The summed E-state index contributed by atoms with van der Waals surface area (Å²) in [6.07, 6.45) is 5.27. The minimum atomic E-state index is -3.33. The zero-order valence-corrected chi connectivity index (χ0v) is 15.4. The van der Waals surface area contributed by atoms with Crippen molar-refractivity contribution in [1.29, 1.82) is 0 Å². The van der Waals surface area contributed by atoms with Crippen molar-refractivity contribution in [3.63, 3.8) is 0 Å². The van der Waals surface area contributed by atoms with E-state index in [-0.39, 0.29) is 0 Å². The number of nitrogens with one attached hydrogen (secondary N) is 1. The molecule has 1 aromatic rings. The zero-order valence-electron chi connectivity index (χ0n) is 13.7. The van der Waals surface area contributed by atoms with Crippen LogP contribution in [0.1, 0.15) is 62.6 Å². The molecular weight excluding hydrogens is 329 g/mol. The standard InChI is InChI=1S/C17H24NO3PS/c1-3-20-22(19,21-4-2)15-9-14-12-8-13(16(14)18-17(15)23)11-7-5-6-10(11)12/h9-13H,3-8H2,1-2H3,(H,18,23). The minimum Gasteiger partial charge on any atom is -0.349 e. The normalized spacial score (nSPS) is 31.4. The summed E-state index contributed by atoms with van der Waals surface area (Å²) in [6.45, 7) is 4.35. The Morgan fingerprint density at radius 1 is 1.22 bits per heavy atom. The van der Waals surface area contributed by atoms with E-state index in [2.05, 4.69) is 4.98 Å². The summed E-state index contributed by atoms with van der Waals surface area (Å²) in [5, 5.41) is 0.553. The maximum atomic E-state index is 13.1. The molecule has 1 aromatic heterocycles. The first-order valence-electron chi connectivity index (χ1n) is 8.75. The van der Waals surface area contributed by atoms with Gasteiger partial charge in [-0.25, -0.2) is 0 Å². The topological polar surface area (TPSA) is 51.3 Å². The van der Waals surface area contributed by atoms with Crippen LogP contribution in [0.25, 0.3) is 0 Å². The predicted octanol–water partition coefficient (Wildman–Crippen LogP) is 4.64. The van der Waals surface area contributed by atoms with Crippen LogP contribution in [0.3, 0.4) is 0 Å². The highest BCUT2D eigenvalue weighted by atomic mass is 32.1. The zero-order chi connectivity index (χ0) is 16.2. The molecule has 4 rings (SSSR count). The van der Waals surface area contributed by atoms with Gasteiger partial charge < -0.3 is 14.0 Å². The lowest BCUT2D eigenvalue weighted by Gasteiger charge is -2.28. The maximum Gasteiger partial charge on any atom is 0.364 e. The highest BCUT2D eigenvalue weighted by molar-refractivity contribution is 7.72. The van der Waals surface area contributed by atoms with Crippen molar-refractivity contribution < 1.29 is 13.6 Å². The number of aromatic nitrogens is 1. The Hall–Kier alpha value is -0.480. The fourth-order valence-corrected chi connectivity index (χ4v) is 7.35. The number of hydrogen-bond acceptors (Lipinski definition) is 4. The van der Waals surface area contributed by atoms with Crippen LogP contribution >= 0.6 is 19.8 Å². The Labute approximate surface area is 142 Å². The van der Waals surface area contributed by atoms with Crippen LogP contribution in [0.2, 0.25) is 0 Å². The van der Waals surface area contributed by atoms with Crippen LogP contribution in [0.15, 0.2) is 6.07 Å². The first-order chi connectivity index (χ1) is 11.1. The molecule has 4 atom stereocenters. The van der Waals surface area contributed by atoms with Gasteiger partial charge in [-0.1, -0.05) is 18.6 Å². The van der Waals surface area contributed by atoms with Crippen molar-refractivity contribution in [2.75, 3.05) is 13.2 Å². The number of aromatic amines is 1. The fourth-order valence-electron chi connectivity index (χ4n) is 5.21. The largest absolute Gasteiger partial charge is 0.364 e. The Morgan fingerprint density at radius 3 is 2.52 bits per heavy atom. The molecule has 4 nitrogen and oxygen atoms in total. The molecule has 1 N–H and O–H groups in total. The summed E-state index contributed by atoms with van der Waals surface area (Å²) in [7, 11) is -3.33. The molecule has 1 heterocycles. The van der Waals surface area contributed by atoms with Crippen LogP contribution in [0.5, 0.6) is 0 Å². The number of fused-ring (bicyclic) bond motifs is 8. The lowest BCUT2D eigenvalue weighted by atomic mass is 9.80. The van der Waals surface area contributed by atoms with E-state index in [9.17, 15) is 4.57 Å². The number of H-pyrrole nitrogens is 1. The van der Waals surface area contributed by atoms with Crippen LogP contribution < -0.4 is 5.30 Å². The number of rotatable bonds is 5. The van der Waals surface area contributed by atoms with E-state index in [0.717, 1.165) is 11.8 Å². The van der Waals surface area contributed by atoms with Crippen LogP contribution in [-0.4, -0.2) is 18.2 Å². The third-order valence-corrected chi connectivity index (χ3v) is 8.53. The smallest absolute Gasteiger partial charge is 0.349 e. The van der Waals surface area contributed by atoms with Gasteiger partial charge in [0, 0.05) is 11.6 Å². The molecule has 0 saturated heterocycles. The lowest BCUT2D eigenvalue weighted by molar-refractivity contribution is 0.229. The first-order valence-corrected chi connectivity index (χ1v) is 10.7. The van der Waals surface area contributed by atoms with Crippen LogP contribution in [0, 0.1) is 16.5 Å². The average molecular weight is 353 g/mol. The molecule has 2 saturated carbocycles. The second-order valence-corrected chi connectivity index (χ2v) is 9.29. The lowest BCUT2D eigenvalue weighted by Crippen LogP contribution is -2.22. The molecule has 4 unspecified atom stereocenters. The highest BCUT2D eigenvalue weighted by Crippen LogP contribution is 2.64. The van der Waals surface area contributed by atoms with Gasteiger partial charge in [0.1, 0.15) is 4.64 Å². The van der Waals surface area contributed by atoms with Gasteiger partial charge in [-0.2, -0.15) is 0 Å². The fraction of sp³-hybridized carbons (Fsp3) is 0.706. The molecule has 0 amide bonds. The van der Waals surface area contributed by atoms with Gasteiger partial charge in [0.2, 0.25) is 0 Å². The maximum absolute atomic E-state index is 13.1. The van der Waals surface area contributed by atoms with Gasteiger partial charge in [-0.15, -0.1) is 0 Å². The monoisotopic (exact) mass is 353 g/mol. The Balaban J connectivity index is 1.79. The molecule has 6 heteroatoms. The second-order valence-electron chi connectivity index (χ2n) is 6.89. The van der Waals surface area contributed by atoms with Gasteiger partial charge in [-0.3, -0.25) is 4.57 Å². The Bertz CT molecular complexity index is 721. The molecule has 3 aliphatic carbocycles. The van der Waals surface area contributed by atoms with Crippen molar-refractivity contribution in [2.24, 2.45) is 11.8 Å². The summed E-state index contributed by atoms with van der Waals surface area (Å²) in [5.41, 5.74) is 2.62. The van der Waals surface area contributed by atoms with E-state index in [0.29, 0.717) is 35.0 Å². The molecule has 0 aromatic carbocycles. The van der Waals surface area contributed by atoms with Crippen LogP contribution in [0.4, 0.5) is 0 Å². The molecule has 126 valence electrons. The van der Waals surface area contributed by atoms with Crippen molar-refractivity contribution in [2.45, 2.75) is 51.4 Å². The minimum absolute atomic E-state index is 0.347. The van der Waals surface area contributed by atoms with Gasteiger partial charge in [-0.05, 0) is 62.5 Å². The van der Waals surface area contributed by atoms with Gasteiger partial charge in [0.15, 0.2) is 0 Å². The van der Waals surface area contributed by atoms with Gasteiger partial charge in [0.25, 0.3) is 0 Å². The summed E-state index contributed by atoms with van der Waals surface area (Å²) in [6, 6.07) is 2.04. The molecule has 3 aliphatic rings. The third kappa shape index (κ3) is 2.31. The Morgan fingerprint density at radius 2 is 1.87 bits per heavy atom. The molecular formula is C17H24NO3PS. The van der Waals surface area contributed by atoms with Gasteiger partial charge >= 0.3 is 7.60 Å². The van der Waals surface area contributed by atoms with Crippen molar-refractivity contribution in [1.82, 2.24) is 4.98 Å². The van der Waals surface area contributed by atoms with E-state index in [1.807, 2.05) is 19.9 Å². The molecule has 0 spiro atoms. The quantitative estimate of drug-likeness (QED) is 0.619. The van der Waals surface area contributed by atoms with E-state index < -0.39 is 7.60 Å². The van der Waals surface area contributed by atoms with Crippen molar-refractivity contribution >= 4 is 25.1 Å². The average Bonchev–Trinajstić information content (AvgIpc) is 3.18. The Kier molecular flexibility index (Phi) is 4.04. The van der Waals surface area contributed by atoms with E-state index in [4.69, 9.17) is 21.3 Å². The molecule has 2 fully saturated rings. The van der Waals surface area contributed by atoms with Crippen molar-refractivity contribution in [3.05, 3.63) is 22.0 Å². The molecule has 0 aliphatic heterocycles. The van der Waals surface area contributed by atoms with Crippen molar-refractivity contribution in [3.8, 4) is 0 Å². The number of pyridine rings is 1. The van der Waals surface area contributed by atoms with E-state index >= 15 is 0 Å². The molecule has 23 heavy (non-hydrogen) atoms. The SMILES string of the molecule is CCOP(=O)(OCC)c1cc2c([nH]c1=S)C1CC2C2CCCC12. The molecule has 2 bridgehead atoms. The summed E-state index contributed by atoms with van der Waals surface area (Å²) in [4.78, 5) is 3.41. The summed E-state index contributed by atoms with van der Waals surface area (Å²) in [5.74, 6) is 2.86. The summed E-state index contributed by atoms with van der Waals surface area (Å²) < 4.78 is 24.7. The summed E-state index contributed by atoms with van der Waals surface area (Å²) >= 11 is 5.52. The highest BCUT2D eigenvalue weighted by Gasteiger charge is 2.53. The predicted molar refractivity (Wildman–Crippen MR) is 93.0 cm³/mol. The van der Waals surface area contributed by atoms with E-state index in [1.165, 1.54) is 36.9 Å². The van der Waals surface area contributed by atoms with E-state index in [1.54, 1.807) is 0 Å². The second kappa shape index (κ2) is 5.80. The third-order valence-electron chi connectivity index (χ3n) is 5.91. The van der Waals surface area contributed by atoms with Gasteiger partial charge in [0.05, 0.1) is 18.5 Å². The number of hydrogen-bond donors (Lipinski definition) is 1. The van der Waals surface area contributed by atoms with Crippen LogP contribution in [-0.2, 0) is 13.6 Å². The first kappa shape index (κ1) is 16.0.